The average Bonchev–Trinajstić information content (AvgIpc) is 3.50. The minimum absolute atomic E-state index is 0.0193. The molecule has 4 aromatic rings. The topological polar surface area (TPSA) is 179 Å². The van der Waals surface area contributed by atoms with Crippen molar-refractivity contribution in [2.45, 2.75) is 27.6 Å². The number of imide groups is 2. The van der Waals surface area contributed by atoms with Gasteiger partial charge in [0.2, 0.25) is 5.41 Å². The summed E-state index contributed by atoms with van der Waals surface area (Å²) in [6.45, 7) is 0. The molecule has 0 spiro atoms. The van der Waals surface area contributed by atoms with E-state index in [2.05, 4.69) is 0 Å². The molecular formula is C31H14Cl2F6N2O10S2. The Hall–Kier alpha value is -5.18. The molecule has 4 aromatic carbocycles. The summed E-state index contributed by atoms with van der Waals surface area (Å²) in [6, 6.07) is 7.99. The molecule has 0 bridgehead atoms. The van der Waals surface area contributed by atoms with Crippen LogP contribution in [-0.4, -0.2) is 52.8 Å². The Labute approximate surface area is 302 Å². The van der Waals surface area contributed by atoms with E-state index in [4.69, 9.17) is 31.6 Å². The number of alkyl halides is 6. The number of nitrogens with one attached hydrogen (secondary N) is 2. The summed E-state index contributed by atoms with van der Waals surface area (Å²) in [5, 5.41) is 2.68. The smallest absolute Gasteiger partial charge is 0.378 e. The Morgan fingerprint density at radius 3 is 1.21 bits per heavy atom. The highest BCUT2D eigenvalue weighted by atomic mass is 35.5. The lowest BCUT2D eigenvalue weighted by Gasteiger charge is -2.39. The minimum Gasteiger partial charge on any atom is -0.378 e. The summed E-state index contributed by atoms with van der Waals surface area (Å²) in [4.78, 5) is 49.1. The molecule has 0 saturated carbocycles. The molecule has 2 aliphatic rings. The van der Waals surface area contributed by atoms with Crippen LogP contribution >= 0.6 is 23.2 Å². The quantitative estimate of drug-likeness (QED) is 0.127. The molecular weight excluding hydrogens is 809 g/mol. The fourth-order valence-electron chi connectivity index (χ4n) is 5.70. The van der Waals surface area contributed by atoms with Gasteiger partial charge in [-0.1, -0.05) is 47.5 Å². The summed E-state index contributed by atoms with van der Waals surface area (Å²) in [5.41, 5.74) is -14.7. The van der Waals surface area contributed by atoms with Crippen LogP contribution in [0.5, 0.6) is 11.5 Å². The van der Waals surface area contributed by atoms with Crippen molar-refractivity contribution in [3.8, 4) is 11.5 Å². The molecule has 4 amide bonds. The third kappa shape index (κ3) is 6.04. The molecule has 0 fully saturated rings. The van der Waals surface area contributed by atoms with E-state index in [9.17, 15) is 36.0 Å². The van der Waals surface area contributed by atoms with Gasteiger partial charge < -0.3 is 8.37 Å². The Balaban J connectivity index is 1.77. The van der Waals surface area contributed by atoms with Crippen molar-refractivity contribution in [2.24, 2.45) is 0 Å². The maximum atomic E-state index is 15.8. The molecule has 0 unspecified atom stereocenters. The highest BCUT2D eigenvalue weighted by molar-refractivity contribution is 7.87. The predicted molar refractivity (Wildman–Crippen MR) is 168 cm³/mol. The molecule has 22 heteroatoms. The van der Waals surface area contributed by atoms with Crippen LogP contribution in [0.15, 0.2) is 82.6 Å². The summed E-state index contributed by atoms with van der Waals surface area (Å²) in [6.07, 6.45) is -13.5. The first kappa shape index (κ1) is 37.6. The second-order valence-corrected chi connectivity index (χ2v) is 15.0. The molecule has 0 aliphatic carbocycles. The van der Waals surface area contributed by atoms with Crippen LogP contribution in [0.1, 0.15) is 52.6 Å². The van der Waals surface area contributed by atoms with Gasteiger partial charge in [-0.3, -0.25) is 29.8 Å². The average molecular weight is 823 g/mol. The van der Waals surface area contributed by atoms with Gasteiger partial charge in [-0.25, -0.2) is 0 Å². The standard InChI is InChI=1S/C31H14Cl2F6N2O10S2/c32-13-3-1-5-15(11-13)52(46,47)50-23-19(9-7-17-21(23)27(44)40-25(17)42)29(30(34,35)36,31(37,38)39)20-10-8-18-22(28(45)41-26(18)43)24(20)51-53(48,49)16-6-2-4-14(33)12-16/h1-12H,(H,40,42,44)(H,41,43,45). The number of hydrogen-bond acceptors (Lipinski definition) is 10. The van der Waals surface area contributed by atoms with Gasteiger partial charge in [0.25, 0.3) is 23.6 Å². The molecule has 0 aromatic heterocycles. The van der Waals surface area contributed by atoms with Gasteiger partial charge in [-0.15, -0.1) is 0 Å². The second kappa shape index (κ2) is 12.5. The highest BCUT2D eigenvalue weighted by Crippen LogP contribution is 2.61. The number of carbonyl (C=O) groups is 4. The number of fused-ring (bicyclic) bond motifs is 2. The normalized spacial score (nSPS) is 14.8. The third-order valence-electron chi connectivity index (χ3n) is 7.93. The lowest BCUT2D eigenvalue weighted by atomic mass is 9.70. The molecule has 0 saturated heterocycles. The van der Waals surface area contributed by atoms with Gasteiger partial charge >= 0.3 is 32.6 Å². The summed E-state index contributed by atoms with van der Waals surface area (Å²) in [7, 11) is -11.0. The maximum Gasteiger partial charge on any atom is 0.411 e. The SMILES string of the molecule is O=C1NC(=O)c2c1ccc(C(c1ccc3c(c1OS(=O)(=O)c1cccc(Cl)c1)C(=O)NC3=O)(C(F)(F)F)C(F)(F)F)c2OS(=O)(=O)c1cccc(Cl)c1. The first-order valence-electron chi connectivity index (χ1n) is 14.1. The van der Waals surface area contributed by atoms with E-state index in [-0.39, 0.29) is 22.2 Å². The zero-order valence-corrected chi connectivity index (χ0v) is 28.5. The van der Waals surface area contributed by atoms with Crippen LogP contribution in [0.4, 0.5) is 26.3 Å². The van der Waals surface area contributed by atoms with Crippen LogP contribution in [-0.2, 0) is 25.7 Å². The minimum atomic E-state index is -6.73. The van der Waals surface area contributed by atoms with Crippen molar-refractivity contribution in [3.05, 3.63) is 116 Å². The van der Waals surface area contributed by atoms with Crippen molar-refractivity contribution in [3.63, 3.8) is 0 Å². The number of hydrogen-bond donors (Lipinski definition) is 2. The fourth-order valence-corrected chi connectivity index (χ4v) is 8.22. The third-order valence-corrected chi connectivity index (χ3v) is 10.8. The fraction of sp³-hybridized carbons (Fsp3) is 0.0968. The molecule has 0 radical (unpaired) electrons. The highest BCUT2D eigenvalue weighted by Gasteiger charge is 2.75. The van der Waals surface area contributed by atoms with Crippen molar-refractivity contribution >= 4 is 67.1 Å². The van der Waals surface area contributed by atoms with E-state index in [1.165, 1.54) is 0 Å². The van der Waals surface area contributed by atoms with Crippen LogP contribution in [0.3, 0.4) is 0 Å². The first-order chi connectivity index (χ1) is 24.5. The molecule has 276 valence electrons. The molecule has 6 rings (SSSR count). The largest absolute Gasteiger partial charge is 0.411 e. The summed E-state index contributed by atoms with van der Waals surface area (Å²) < 4.78 is 158. The molecule has 53 heavy (non-hydrogen) atoms. The van der Waals surface area contributed by atoms with Crippen LogP contribution < -0.4 is 19.0 Å². The van der Waals surface area contributed by atoms with E-state index in [0.29, 0.717) is 24.3 Å². The van der Waals surface area contributed by atoms with Gasteiger partial charge in [-0.05, 0) is 48.5 Å². The molecule has 2 aliphatic heterocycles. The van der Waals surface area contributed by atoms with Crippen LogP contribution in [0, 0.1) is 0 Å². The Morgan fingerprint density at radius 2 is 0.887 bits per heavy atom. The van der Waals surface area contributed by atoms with Gasteiger partial charge in [0.05, 0.1) is 22.3 Å². The number of carbonyl (C=O) groups excluding carboxylic acids is 4. The molecule has 2 N–H and O–H groups in total. The Bertz CT molecular complexity index is 2370. The van der Waals surface area contributed by atoms with Crippen molar-refractivity contribution in [2.75, 3.05) is 0 Å². The van der Waals surface area contributed by atoms with Crippen molar-refractivity contribution in [1.82, 2.24) is 10.6 Å². The molecule has 2 heterocycles. The zero-order valence-electron chi connectivity index (χ0n) is 25.4. The van der Waals surface area contributed by atoms with Gasteiger partial charge in [0.1, 0.15) is 9.79 Å². The number of benzene rings is 4. The molecule has 0 atom stereocenters. The first-order valence-corrected chi connectivity index (χ1v) is 17.7. The summed E-state index contributed by atoms with van der Waals surface area (Å²) >= 11 is 11.7. The number of amides is 4. The van der Waals surface area contributed by atoms with E-state index in [0.717, 1.165) is 36.4 Å². The number of halogens is 8. The Kier molecular flexibility index (Phi) is 8.83. The van der Waals surface area contributed by atoms with Crippen LogP contribution in [0.2, 0.25) is 10.0 Å². The zero-order chi connectivity index (χ0) is 39.1. The maximum absolute atomic E-state index is 15.8. The van der Waals surface area contributed by atoms with E-state index in [1.807, 2.05) is 0 Å². The second-order valence-electron chi connectivity index (χ2n) is 11.0. The van der Waals surface area contributed by atoms with Crippen molar-refractivity contribution in [1.29, 1.82) is 0 Å². The van der Waals surface area contributed by atoms with E-state index < -0.39 is 116 Å². The van der Waals surface area contributed by atoms with Crippen molar-refractivity contribution < 1.29 is 70.7 Å². The monoisotopic (exact) mass is 822 g/mol. The number of rotatable bonds is 8. The lowest BCUT2D eigenvalue weighted by Crippen LogP contribution is -2.55. The predicted octanol–water partition coefficient (Wildman–Crippen LogP) is 5.71. The van der Waals surface area contributed by atoms with Gasteiger partial charge in [0, 0.05) is 21.2 Å². The Morgan fingerprint density at radius 1 is 0.528 bits per heavy atom. The lowest BCUT2D eigenvalue weighted by molar-refractivity contribution is -0.289. The van der Waals surface area contributed by atoms with E-state index in [1.54, 1.807) is 10.6 Å². The van der Waals surface area contributed by atoms with Gasteiger partial charge in [-0.2, -0.15) is 43.2 Å². The summed E-state index contributed by atoms with van der Waals surface area (Å²) in [5.74, 6) is -10.0. The van der Waals surface area contributed by atoms with E-state index >= 15 is 26.3 Å². The van der Waals surface area contributed by atoms with Gasteiger partial charge in [0.15, 0.2) is 11.5 Å². The molecule has 12 nitrogen and oxygen atoms in total. The van der Waals surface area contributed by atoms with Crippen LogP contribution in [0.25, 0.3) is 0 Å².